The standard InChI is InChI=1S/C16H21N5/c1-3-14(11-17-7-1)6-10-21-9-2-4-15(12-21)20-16-5-8-18-13-19-16/h1,3,5,7-8,11,13,15H,2,4,6,9-10,12H2,(H,18,19,20). The summed E-state index contributed by atoms with van der Waals surface area (Å²) in [6.45, 7) is 3.35. The van der Waals surface area contributed by atoms with Gasteiger partial charge in [0.15, 0.2) is 0 Å². The molecular formula is C16H21N5. The summed E-state index contributed by atoms with van der Waals surface area (Å²) in [5, 5.41) is 3.50. The lowest BCUT2D eigenvalue weighted by molar-refractivity contribution is 0.218. The molecule has 0 aliphatic carbocycles. The summed E-state index contributed by atoms with van der Waals surface area (Å²) in [4.78, 5) is 14.9. The Kier molecular flexibility index (Phi) is 4.74. The molecule has 1 atom stereocenters. The molecule has 1 saturated heterocycles. The van der Waals surface area contributed by atoms with E-state index >= 15 is 0 Å². The second-order valence-electron chi connectivity index (χ2n) is 5.49. The van der Waals surface area contributed by atoms with Crippen molar-refractivity contribution in [3.63, 3.8) is 0 Å². The number of likely N-dealkylation sites (tertiary alicyclic amines) is 1. The van der Waals surface area contributed by atoms with Gasteiger partial charge in [-0.2, -0.15) is 0 Å². The Labute approximate surface area is 125 Å². The smallest absolute Gasteiger partial charge is 0.129 e. The van der Waals surface area contributed by atoms with E-state index in [1.807, 2.05) is 24.5 Å². The second-order valence-corrected chi connectivity index (χ2v) is 5.49. The molecule has 2 aromatic heterocycles. The number of aromatic nitrogens is 3. The molecule has 1 N–H and O–H groups in total. The van der Waals surface area contributed by atoms with Crippen molar-refractivity contribution < 1.29 is 0 Å². The molecule has 3 heterocycles. The predicted molar refractivity (Wildman–Crippen MR) is 83.1 cm³/mol. The van der Waals surface area contributed by atoms with Crippen LogP contribution in [0.5, 0.6) is 0 Å². The molecule has 0 bridgehead atoms. The number of anilines is 1. The van der Waals surface area contributed by atoms with Crippen LogP contribution < -0.4 is 5.32 Å². The fourth-order valence-corrected chi connectivity index (χ4v) is 2.79. The van der Waals surface area contributed by atoms with Crippen LogP contribution >= 0.6 is 0 Å². The van der Waals surface area contributed by atoms with E-state index in [9.17, 15) is 0 Å². The molecule has 1 unspecified atom stereocenters. The molecule has 0 saturated carbocycles. The van der Waals surface area contributed by atoms with Crippen LogP contribution in [-0.2, 0) is 6.42 Å². The average molecular weight is 283 g/mol. The largest absolute Gasteiger partial charge is 0.366 e. The third-order valence-corrected chi connectivity index (χ3v) is 3.88. The minimum absolute atomic E-state index is 0.475. The van der Waals surface area contributed by atoms with Gasteiger partial charge in [-0.05, 0) is 43.5 Å². The van der Waals surface area contributed by atoms with E-state index in [1.54, 1.807) is 12.5 Å². The van der Waals surface area contributed by atoms with Crippen LogP contribution in [-0.4, -0.2) is 45.5 Å². The Morgan fingerprint density at radius 3 is 3.05 bits per heavy atom. The molecule has 0 amide bonds. The van der Waals surface area contributed by atoms with Crippen LogP contribution in [0.25, 0.3) is 0 Å². The van der Waals surface area contributed by atoms with Crippen molar-refractivity contribution in [3.05, 3.63) is 48.7 Å². The number of nitrogens with one attached hydrogen (secondary N) is 1. The molecule has 0 radical (unpaired) electrons. The van der Waals surface area contributed by atoms with Crippen LogP contribution in [0.3, 0.4) is 0 Å². The lowest BCUT2D eigenvalue weighted by Gasteiger charge is -2.33. The fourth-order valence-electron chi connectivity index (χ4n) is 2.79. The number of rotatable bonds is 5. The van der Waals surface area contributed by atoms with Gasteiger partial charge >= 0.3 is 0 Å². The molecule has 0 spiro atoms. The molecule has 3 rings (SSSR count). The van der Waals surface area contributed by atoms with E-state index in [0.29, 0.717) is 6.04 Å². The maximum atomic E-state index is 4.24. The second kappa shape index (κ2) is 7.13. The van der Waals surface area contributed by atoms with Gasteiger partial charge in [0.1, 0.15) is 12.1 Å². The highest BCUT2D eigenvalue weighted by Crippen LogP contribution is 2.14. The Morgan fingerprint density at radius 1 is 1.24 bits per heavy atom. The summed E-state index contributed by atoms with van der Waals surface area (Å²) in [6, 6.07) is 6.55. The summed E-state index contributed by atoms with van der Waals surface area (Å²) >= 11 is 0. The first-order valence-corrected chi connectivity index (χ1v) is 7.54. The van der Waals surface area contributed by atoms with Gasteiger partial charge in [0.25, 0.3) is 0 Å². The molecule has 5 heteroatoms. The number of hydrogen-bond acceptors (Lipinski definition) is 5. The normalized spacial score (nSPS) is 19.3. The highest BCUT2D eigenvalue weighted by Gasteiger charge is 2.19. The van der Waals surface area contributed by atoms with Gasteiger partial charge in [-0.1, -0.05) is 6.07 Å². The zero-order valence-electron chi connectivity index (χ0n) is 12.2. The Balaban J connectivity index is 1.49. The van der Waals surface area contributed by atoms with Crippen molar-refractivity contribution in [2.24, 2.45) is 0 Å². The zero-order chi connectivity index (χ0) is 14.3. The van der Waals surface area contributed by atoms with Crippen LogP contribution in [0.1, 0.15) is 18.4 Å². The zero-order valence-corrected chi connectivity index (χ0v) is 12.2. The number of pyridine rings is 1. The number of hydrogen-bond donors (Lipinski definition) is 1. The summed E-state index contributed by atoms with van der Waals surface area (Å²) in [5.74, 6) is 0.920. The highest BCUT2D eigenvalue weighted by atomic mass is 15.2. The minimum atomic E-state index is 0.475. The molecular weight excluding hydrogens is 262 g/mol. The summed E-state index contributed by atoms with van der Waals surface area (Å²) in [5.41, 5.74) is 1.31. The van der Waals surface area contributed by atoms with Crippen molar-refractivity contribution in [1.29, 1.82) is 0 Å². The summed E-state index contributed by atoms with van der Waals surface area (Å²) < 4.78 is 0. The molecule has 21 heavy (non-hydrogen) atoms. The minimum Gasteiger partial charge on any atom is -0.366 e. The van der Waals surface area contributed by atoms with Gasteiger partial charge in [0.05, 0.1) is 0 Å². The van der Waals surface area contributed by atoms with Crippen molar-refractivity contribution in [3.8, 4) is 0 Å². The maximum Gasteiger partial charge on any atom is 0.129 e. The number of piperidine rings is 1. The quantitative estimate of drug-likeness (QED) is 0.909. The SMILES string of the molecule is c1cncc(CCN2CCCC(Nc3ccncn3)C2)c1. The van der Waals surface area contributed by atoms with Gasteiger partial charge in [-0.3, -0.25) is 4.98 Å². The molecule has 1 aliphatic rings. The summed E-state index contributed by atoms with van der Waals surface area (Å²) in [7, 11) is 0. The van der Waals surface area contributed by atoms with Gasteiger partial charge in [0, 0.05) is 37.7 Å². The van der Waals surface area contributed by atoms with E-state index in [1.165, 1.54) is 24.9 Å². The van der Waals surface area contributed by atoms with E-state index in [-0.39, 0.29) is 0 Å². The molecule has 2 aromatic rings. The van der Waals surface area contributed by atoms with Crippen LogP contribution in [0.2, 0.25) is 0 Å². The highest BCUT2D eigenvalue weighted by molar-refractivity contribution is 5.33. The van der Waals surface area contributed by atoms with E-state index < -0.39 is 0 Å². The van der Waals surface area contributed by atoms with Crippen LogP contribution in [0, 0.1) is 0 Å². The Hall–Kier alpha value is -2.01. The first-order valence-electron chi connectivity index (χ1n) is 7.54. The molecule has 1 fully saturated rings. The molecule has 110 valence electrons. The lowest BCUT2D eigenvalue weighted by Crippen LogP contribution is -2.43. The Morgan fingerprint density at radius 2 is 2.24 bits per heavy atom. The first-order chi connectivity index (χ1) is 10.4. The lowest BCUT2D eigenvalue weighted by atomic mass is 10.0. The van der Waals surface area contributed by atoms with E-state index in [2.05, 4.69) is 31.2 Å². The fraction of sp³-hybridized carbons (Fsp3) is 0.438. The molecule has 0 aromatic carbocycles. The maximum absolute atomic E-state index is 4.24. The molecule has 1 aliphatic heterocycles. The van der Waals surface area contributed by atoms with Crippen molar-refractivity contribution in [1.82, 2.24) is 19.9 Å². The van der Waals surface area contributed by atoms with E-state index in [4.69, 9.17) is 0 Å². The Bertz CT molecular complexity index is 531. The van der Waals surface area contributed by atoms with Crippen LogP contribution in [0.4, 0.5) is 5.82 Å². The first kappa shape index (κ1) is 13.9. The number of nitrogens with zero attached hydrogens (tertiary/aromatic N) is 4. The monoisotopic (exact) mass is 283 g/mol. The van der Waals surface area contributed by atoms with Crippen molar-refractivity contribution in [2.45, 2.75) is 25.3 Å². The van der Waals surface area contributed by atoms with Gasteiger partial charge in [-0.25, -0.2) is 9.97 Å². The molecule has 5 nitrogen and oxygen atoms in total. The van der Waals surface area contributed by atoms with E-state index in [0.717, 1.165) is 25.3 Å². The van der Waals surface area contributed by atoms with Crippen molar-refractivity contribution in [2.75, 3.05) is 25.0 Å². The summed E-state index contributed by atoms with van der Waals surface area (Å²) in [6.07, 6.45) is 10.6. The van der Waals surface area contributed by atoms with Crippen LogP contribution in [0.15, 0.2) is 43.1 Å². The van der Waals surface area contributed by atoms with Crippen molar-refractivity contribution >= 4 is 5.82 Å². The topological polar surface area (TPSA) is 53.9 Å². The average Bonchev–Trinajstić information content (AvgIpc) is 2.55. The van der Waals surface area contributed by atoms with Gasteiger partial charge in [-0.15, -0.1) is 0 Å². The third-order valence-electron chi connectivity index (χ3n) is 3.88. The predicted octanol–water partition coefficient (Wildman–Crippen LogP) is 1.99. The van der Waals surface area contributed by atoms with Gasteiger partial charge in [0.2, 0.25) is 0 Å². The third kappa shape index (κ3) is 4.23. The van der Waals surface area contributed by atoms with Gasteiger partial charge < -0.3 is 10.2 Å².